The summed E-state index contributed by atoms with van der Waals surface area (Å²) >= 11 is 3.57. The number of halogens is 1. The Morgan fingerprint density at radius 2 is 1.90 bits per heavy atom. The van der Waals surface area contributed by atoms with Crippen molar-refractivity contribution in [2.24, 2.45) is 0 Å². The quantitative estimate of drug-likeness (QED) is 0.842. The monoisotopic (exact) mass is 357 g/mol. The third-order valence-corrected chi connectivity index (χ3v) is 4.84. The Morgan fingerprint density at radius 1 is 1.19 bits per heavy atom. The number of hydrogen-bond acceptors (Lipinski definition) is 5. The van der Waals surface area contributed by atoms with E-state index in [-0.39, 0.29) is 5.60 Å². The molecule has 118 valence electrons. The van der Waals surface area contributed by atoms with Crippen LogP contribution in [0, 0.1) is 0 Å². The van der Waals surface area contributed by atoms with Crippen LogP contribution in [0.2, 0.25) is 0 Å². The predicted molar refractivity (Wildman–Crippen MR) is 86.4 cm³/mol. The van der Waals surface area contributed by atoms with Crippen molar-refractivity contribution in [3.63, 3.8) is 0 Å². The molecule has 1 aromatic heterocycles. The van der Waals surface area contributed by atoms with Gasteiger partial charge in [0, 0.05) is 20.8 Å². The average Bonchev–Trinajstić information content (AvgIpc) is 2.52. The summed E-state index contributed by atoms with van der Waals surface area (Å²) < 4.78 is 12.0. The highest BCUT2D eigenvalue weighted by Crippen LogP contribution is 2.39. The Hall–Kier alpha value is -0.720. The fourth-order valence-corrected chi connectivity index (χ4v) is 3.29. The molecule has 1 saturated carbocycles. The average molecular weight is 358 g/mol. The molecule has 0 spiro atoms. The standard InChI is InChI=1S/C15H24BrN3O2/c1-4-17-13-12(16)11(10-20-2)18-14(19-13)15(21-3)8-6-5-7-9-15/h4-10H2,1-3H3,(H,17,18,19). The number of methoxy groups -OCH3 is 2. The van der Waals surface area contributed by atoms with Gasteiger partial charge in [0.15, 0.2) is 5.82 Å². The van der Waals surface area contributed by atoms with Crippen molar-refractivity contribution < 1.29 is 9.47 Å². The SMILES string of the molecule is CCNc1nc(C2(OC)CCCCC2)nc(COC)c1Br. The maximum atomic E-state index is 5.86. The minimum Gasteiger partial charge on any atom is -0.378 e. The van der Waals surface area contributed by atoms with Gasteiger partial charge < -0.3 is 14.8 Å². The smallest absolute Gasteiger partial charge is 0.163 e. The van der Waals surface area contributed by atoms with Crippen molar-refractivity contribution >= 4 is 21.7 Å². The van der Waals surface area contributed by atoms with Crippen LogP contribution in [0.5, 0.6) is 0 Å². The van der Waals surface area contributed by atoms with Crippen LogP contribution in [0.3, 0.4) is 0 Å². The fraction of sp³-hybridized carbons (Fsp3) is 0.733. The molecule has 0 amide bonds. The zero-order valence-electron chi connectivity index (χ0n) is 13.0. The summed E-state index contributed by atoms with van der Waals surface area (Å²) in [7, 11) is 3.44. The van der Waals surface area contributed by atoms with Gasteiger partial charge in [-0.05, 0) is 35.7 Å². The molecule has 0 bridgehead atoms. The van der Waals surface area contributed by atoms with Crippen molar-refractivity contribution in [3.8, 4) is 0 Å². The Labute approximate surface area is 135 Å². The van der Waals surface area contributed by atoms with Gasteiger partial charge in [-0.25, -0.2) is 9.97 Å². The molecule has 1 aliphatic carbocycles. The maximum absolute atomic E-state index is 5.86. The molecule has 1 fully saturated rings. The Balaban J connectivity index is 2.45. The van der Waals surface area contributed by atoms with Gasteiger partial charge in [0.2, 0.25) is 0 Å². The van der Waals surface area contributed by atoms with E-state index in [9.17, 15) is 0 Å². The van der Waals surface area contributed by atoms with E-state index in [2.05, 4.69) is 28.2 Å². The number of nitrogens with one attached hydrogen (secondary N) is 1. The summed E-state index contributed by atoms with van der Waals surface area (Å²) in [6.45, 7) is 3.31. The first-order chi connectivity index (χ1) is 10.2. The van der Waals surface area contributed by atoms with Gasteiger partial charge in [-0.1, -0.05) is 19.3 Å². The van der Waals surface area contributed by atoms with E-state index < -0.39 is 0 Å². The molecule has 0 radical (unpaired) electrons. The first kappa shape index (κ1) is 16.6. The first-order valence-electron chi connectivity index (χ1n) is 7.51. The molecule has 0 saturated heterocycles. The third kappa shape index (κ3) is 3.55. The summed E-state index contributed by atoms with van der Waals surface area (Å²) in [5.41, 5.74) is 0.506. The minimum absolute atomic E-state index is 0.356. The lowest BCUT2D eigenvalue weighted by Crippen LogP contribution is -2.34. The molecule has 1 N–H and O–H groups in total. The van der Waals surface area contributed by atoms with E-state index in [1.54, 1.807) is 14.2 Å². The lowest BCUT2D eigenvalue weighted by Gasteiger charge is -2.35. The predicted octanol–water partition coefficient (Wildman–Crippen LogP) is 3.62. The van der Waals surface area contributed by atoms with Crippen LogP contribution in [-0.2, 0) is 21.7 Å². The van der Waals surface area contributed by atoms with E-state index in [0.717, 1.165) is 54.0 Å². The number of nitrogens with zero attached hydrogens (tertiary/aromatic N) is 2. The van der Waals surface area contributed by atoms with Gasteiger partial charge in [0.1, 0.15) is 11.4 Å². The van der Waals surface area contributed by atoms with Crippen LogP contribution < -0.4 is 5.32 Å². The summed E-state index contributed by atoms with van der Waals surface area (Å²) in [6.07, 6.45) is 5.52. The molecule has 6 heteroatoms. The lowest BCUT2D eigenvalue weighted by atomic mass is 9.84. The van der Waals surface area contributed by atoms with Gasteiger partial charge in [-0.3, -0.25) is 0 Å². The van der Waals surface area contributed by atoms with Gasteiger partial charge in [0.25, 0.3) is 0 Å². The first-order valence-corrected chi connectivity index (χ1v) is 8.31. The van der Waals surface area contributed by atoms with Crippen LogP contribution in [0.4, 0.5) is 5.82 Å². The van der Waals surface area contributed by atoms with Crippen molar-refractivity contribution in [3.05, 3.63) is 16.0 Å². The highest BCUT2D eigenvalue weighted by molar-refractivity contribution is 9.10. The van der Waals surface area contributed by atoms with Crippen molar-refractivity contribution in [1.82, 2.24) is 9.97 Å². The molecule has 1 heterocycles. The summed E-state index contributed by atoms with van der Waals surface area (Å²) in [4.78, 5) is 9.45. The van der Waals surface area contributed by atoms with Crippen LogP contribution in [0.1, 0.15) is 50.5 Å². The molecule has 1 aliphatic rings. The highest BCUT2D eigenvalue weighted by Gasteiger charge is 2.37. The second-order valence-electron chi connectivity index (χ2n) is 5.38. The van der Waals surface area contributed by atoms with E-state index in [1.165, 1.54) is 6.42 Å². The molecule has 0 atom stereocenters. The Morgan fingerprint density at radius 3 is 2.48 bits per heavy atom. The van der Waals surface area contributed by atoms with Crippen molar-refractivity contribution in [1.29, 1.82) is 0 Å². The zero-order chi connectivity index (χ0) is 15.3. The molecule has 21 heavy (non-hydrogen) atoms. The number of hydrogen-bond donors (Lipinski definition) is 1. The summed E-state index contributed by atoms with van der Waals surface area (Å²) in [5, 5.41) is 3.29. The van der Waals surface area contributed by atoms with E-state index >= 15 is 0 Å². The summed E-state index contributed by atoms with van der Waals surface area (Å²) in [5.74, 6) is 1.59. The van der Waals surface area contributed by atoms with E-state index in [0.29, 0.717) is 6.61 Å². The number of rotatable bonds is 6. The van der Waals surface area contributed by atoms with Crippen LogP contribution in [-0.4, -0.2) is 30.7 Å². The minimum atomic E-state index is -0.356. The molecular formula is C15H24BrN3O2. The summed E-state index contributed by atoms with van der Waals surface area (Å²) in [6, 6.07) is 0. The van der Waals surface area contributed by atoms with Gasteiger partial charge in [-0.2, -0.15) is 0 Å². The lowest BCUT2D eigenvalue weighted by molar-refractivity contribution is -0.0517. The van der Waals surface area contributed by atoms with Crippen LogP contribution >= 0.6 is 15.9 Å². The number of aromatic nitrogens is 2. The topological polar surface area (TPSA) is 56.3 Å². The van der Waals surface area contributed by atoms with Gasteiger partial charge in [-0.15, -0.1) is 0 Å². The van der Waals surface area contributed by atoms with E-state index in [1.807, 2.05) is 0 Å². The van der Waals surface area contributed by atoms with Gasteiger partial charge in [0.05, 0.1) is 16.8 Å². The molecule has 5 nitrogen and oxygen atoms in total. The molecular weight excluding hydrogens is 334 g/mol. The maximum Gasteiger partial charge on any atom is 0.163 e. The Kier molecular flexibility index (Phi) is 5.96. The number of ether oxygens (including phenoxy) is 2. The Bertz CT molecular complexity index is 449. The number of anilines is 1. The zero-order valence-corrected chi connectivity index (χ0v) is 14.6. The van der Waals surface area contributed by atoms with Crippen molar-refractivity contribution in [2.45, 2.75) is 51.2 Å². The molecule has 1 aromatic rings. The molecule has 0 aliphatic heterocycles. The molecule has 2 rings (SSSR count). The normalized spacial score (nSPS) is 17.7. The highest BCUT2D eigenvalue weighted by atomic mass is 79.9. The molecule has 0 aromatic carbocycles. The molecule has 0 unspecified atom stereocenters. The van der Waals surface area contributed by atoms with Crippen LogP contribution in [0.15, 0.2) is 4.47 Å². The largest absolute Gasteiger partial charge is 0.378 e. The van der Waals surface area contributed by atoms with Crippen molar-refractivity contribution in [2.75, 3.05) is 26.1 Å². The second kappa shape index (κ2) is 7.51. The fourth-order valence-electron chi connectivity index (χ4n) is 2.86. The van der Waals surface area contributed by atoms with Gasteiger partial charge >= 0.3 is 0 Å². The second-order valence-corrected chi connectivity index (χ2v) is 6.17. The third-order valence-electron chi connectivity index (χ3n) is 4.00. The van der Waals surface area contributed by atoms with E-state index in [4.69, 9.17) is 19.4 Å². The van der Waals surface area contributed by atoms with Crippen LogP contribution in [0.25, 0.3) is 0 Å².